The van der Waals surface area contributed by atoms with Gasteiger partial charge in [0, 0.05) is 21.9 Å². The van der Waals surface area contributed by atoms with Crippen molar-refractivity contribution < 1.29 is 5.11 Å². The molecule has 6 rings (SSSR count). The van der Waals surface area contributed by atoms with E-state index in [1.807, 2.05) is 0 Å². The lowest BCUT2D eigenvalue weighted by molar-refractivity contribution is 0.281. The fourth-order valence-electron chi connectivity index (χ4n) is 7.33. The maximum Gasteiger partial charge on any atom is 0.0681 e. The zero-order valence-electron chi connectivity index (χ0n) is 24.3. The molecule has 0 radical (unpaired) electrons. The van der Waals surface area contributed by atoms with Gasteiger partial charge >= 0.3 is 0 Å². The van der Waals surface area contributed by atoms with Gasteiger partial charge in [0.15, 0.2) is 0 Å². The molecule has 0 bridgehead atoms. The fraction of sp³-hybridized carbons (Fsp3) is 0.368. The molecular formula is C38H43NO. The smallest absolute Gasteiger partial charge is 0.0681 e. The van der Waals surface area contributed by atoms with Crippen molar-refractivity contribution in [1.29, 1.82) is 0 Å². The molecule has 2 heteroatoms. The monoisotopic (exact) mass is 529 g/mol. The Kier molecular flexibility index (Phi) is 7.80. The molecule has 0 saturated heterocycles. The number of aliphatic hydroxyl groups is 1. The first-order valence-electron chi connectivity index (χ1n) is 15.6. The Morgan fingerprint density at radius 1 is 0.600 bits per heavy atom. The third-order valence-electron chi connectivity index (χ3n) is 9.33. The van der Waals surface area contributed by atoms with Crippen LogP contribution in [-0.2, 0) is 12.0 Å². The van der Waals surface area contributed by atoms with E-state index in [1.54, 1.807) is 0 Å². The molecule has 0 fully saturated rings. The highest BCUT2D eigenvalue weighted by molar-refractivity contribution is 6.11. The summed E-state index contributed by atoms with van der Waals surface area (Å²) in [5.74, 6) is 0. The van der Waals surface area contributed by atoms with Gasteiger partial charge < -0.3 is 9.67 Å². The maximum absolute atomic E-state index is 10.1. The fourth-order valence-corrected chi connectivity index (χ4v) is 7.33. The van der Waals surface area contributed by atoms with E-state index < -0.39 is 0 Å². The number of aromatic nitrogens is 1. The Morgan fingerprint density at radius 3 is 1.98 bits per heavy atom. The predicted molar refractivity (Wildman–Crippen MR) is 170 cm³/mol. The summed E-state index contributed by atoms with van der Waals surface area (Å²) in [5.41, 5.74) is 10.5. The first-order valence-corrected chi connectivity index (χ1v) is 15.6. The summed E-state index contributed by atoms with van der Waals surface area (Å²) < 4.78 is 2.46. The average Bonchev–Trinajstić information content (AvgIpc) is 3.46. The summed E-state index contributed by atoms with van der Waals surface area (Å²) in [6.07, 6.45) is 12.5. The van der Waals surface area contributed by atoms with Crippen LogP contribution in [0.4, 0.5) is 0 Å². The molecule has 0 unspecified atom stereocenters. The minimum Gasteiger partial charge on any atom is -0.392 e. The molecule has 1 aromatic heterocycles. The van der Waals surface area contributed by atoms with Crippen molar-refractivity contribution in [3.05, 3.63) is 102 Å². The van der Waals surface area contributed by atoms with E-state index in [9.17, 15) is 5.11 Å². The van der Waals surface area contributed by atoms with E-state index in [2.05, 4.69) is 103 Å². The molecule has 0 spiro atoms. The van der Waals surface area contributed by atoms with Gasteiger partial charge in [0.2, 0.25) is 0 Å². The molecule has 0 amide bonds. The van der Waals surface area contributed by atoms with Crippen LogP contribution in [0.1, 0.15) is 94.7 Å². The predicted octanol–water partition coefficient (Wildman–Crippen LogP) is 10.5. The van der Waals surface area contributed by atoms with Crippen LogP contribution in [0.5, 0.6) is 0 Å². The molecule has 4 aromatic carbocycles. The van der Waals surface area contributed by atoms with Crippen molar-refractivity contribution in [3.8, 4) is 16.8 Å². The van der Waals surface area contributed by atoms with Gasteiger partial charge in [-0.05, 0) is 71.0 Å². The molecule has 0 aliphatic heterocycles. The SMILES string of the molecule is CCCCCCC1(CCCCCC)c2cc(CO)ccc2-c2cc3c4ccccc4n(-c4ccccc4)c3cc21. The lowest BCUT2D eigenvalue weighted by Gasteiger charge is -2.33. The van der Waals surface area contributed by atoms with E-state index in [0.717, 1.165) is 5.56 Å². The first kappa shape index (κ1) is 26.8. The number of para-hydroxylation sites is 2. The van der Waals surface area contributed by atoms with Crippen molar-refractivity contribution in [2.24, 2.45) is 0 Å². The molecule has 206 valence electrons. The van der Waals surface area contributed by atoms with Crippen molar-refractivity contribution in [1.82, 2.24) is 4.57 Å². The third-order valence-corrected chi connectivity index (χ3v) is 9.33. The minimum atomic E-state index is -0.0104. The summed E-state index contributed by atoms with van der Waals surface area (Å²) >= 11 is 0. The van der Waals surface area contributed by atoms with Gasteiger partial charge in [-0.3, -0.25) is 0 Å². The second-order valence-electron chi connectivity index (χ2n) is 11.8. The maximum atomic E-state index is 10.1. The van der Waals surface area contributed by atoms with Gasteiger partial charge in [-0.1, -0.05) is 120 Å². The summed E-state index contributed by atoms with van der Waals surface area (Å²) in [5, 5.41) is 12.8. The quantitative estimate of drug-likeness (QED) is 0.160. The van der Waals surface area contributed by atoms with Gasteiger partial charge in [0.05, 0.1) is 17.6 Å². The number of nitrogens with zero attached hydrogens (tertiary/aromatic N) is 1. The molecule has 5 aromatic rings. The van der Waals surface area contributed by atoms with E-state index in [-0.39, 0.29) is 12.0 Å². The number of rotatable bonds is 12. The second-order valence-corrected chi connectivity index (χ2v) is 11.8. The van der Waals surface area contributed by atoms with Gasteiger partial charge in [-0.25, -0.2) is 0 Å². The Balaban J connectivity index is 1.62. The summed E-state index contributed by atoms with van der Waals surface area (Å²) in [4.78, 5) is 0. The van der Waals surface area contributed by atoms with Crippen LogP contribution >= 0.6 is 0 Å². The number of unbranched alkanes of at least 4 members (excludes halogenated alkanes) is 6. The van der Waals surface area contributed by atoms with Crippen LogP contribution in [0.25, 0.3) is 38.6 Å². The molecular weight excluding hydrogens is 486 g/mol. The summed E-state index contributed by atoms with van der Waals surface area (Å²) in [7, 11) is 0. The van der Waals surface area contributed by atoms with Crippen LogP contribution in [0, 0.1) is 0 Å². The minimum absolute atomic E-state index is 0.0104. The van der Waals surface area contributed by atoms with Crippen molar-refractivity contribution in [2.45, 2.75) is 90.1 Å². The van der Waals surface area contributed by atoms with Crippen LogP contribution < -0.4 is 0 Å². The highest BCUT2D eigenvalue weighted by Crippen LogP contribution is 2.56. The molecule has 1 N–H and O–H groups in total. The Hall–Kier alpha value is -3.36. The average molecular weight is 530 g/mol. The van der Waals surface area contributed by atoms with Crippen molar-refractivity contribution in [2.75, 3.05) is 0 Å². The molecule has 1 heterocycles. The standard InChI is InChI=1S/C38H43NO/c1-3-5-7-14-22-38(23-15-8-6-4-2)34-24-28(27-40)20-21-30(34)32-25-33-31-18-12-13-19-36(31)39(37(33)26-35(32)38)29-16-10-9-11-17-29/h9-13,16-21,24-26,40H,3-8,14-15,22-23,27H2,1-2H3. The molecule has 1 aliphatic carbocycles. The van der Waals surface area contributed by atoms with E-state index in [1.165, 1.54) is 114 Å². The van der Waals surface area contributed by atoms with Crippen LogP contribution in [0.2, 0.25) is 0 Å². The number of hydrogen-bond donors (Lipinski definition) is 1. The van der Waals surface area contributed by atoms with Gasteiger partial charge in [0.1, 0.15) is 0 Å². The molecule has 0 atom stereocenters. The lowest BCUT2D eigenvalue weighted by Crippen LogP contribution is -2.26. The van der Waals surface area contributed by atoms with E-state index in [0.29, 0.717) is 0 Å². The Morgan fingerprint density at radius 2 is 1.27 bits per heavy atom. The Bertz CT molecular complexity index is 1600. The molecule has 40 heavy (non-hydrogen) atoms. The molecule has 2 nitrogen and oxygen atoms in total. The van der Waals surface area contributed by atoms with Gasteiger partial charge in [0.25, 0.3) is 0 Å². The van der Waals surface area contributed by atoms with Crippen molar-refractivity contribution in [3.63, 3.8) is 0 Å². The number of fused-ring (bicyclic) bond motifs is 6. The summed E-state index contributed by atoms with van der Waals surface area (Å²) in [6, 6.07) is 31.5. The first-order chi connectivity index (χ1) is 19.7. The van der Waals surface area contributed by atoms with Gasteiger partial charge in [-0.2, -0.15) is 0 Å². The van der Waals surface area contributed by atoms with E-state index >= 15 is 0 Å². The summed E-state index contributed by atoms with van der Waals surface area (Å²) in [6.45, 7) is 4.69. The Labute approximate surface area is 239 Å². The molecule has 0 saturated carbocycles. The van der Waals surface area contributed by atoms with Crippen LogP contribution in [-0.4, -0.2) is 9.67 Å². The second kappa shape index (κ2) is 11.6. The largest absolute Gasteiger partial charge is 0.392 e. The lowest BCUT2D eigenvalue weighted by atomic mass is 9.70. The number of hydrogen-bond acceptors (Lipinski definition) is 1. The zero-order chi connectivity index (χ0) is 27.5. The topological polar surface area (TPSA) is 25.2 Å². The highest BCUT2D eigenvalue weighted by atomic mass is 16.3. The van der Waals surface area contributed by atoms with Crippen molar-refractivity contribution >= 4 is 21.8 Å². The normalized spacial score (nSPS) is 13.7. The number of aliphatic hydroxyl groups excluding tert-OH is 1. The molecule has 1 aliphatic rings. The van der Waals surface area contributed by atoms with Crippen LogP contribution in [0.15, 0.2) is 84.9 Å². The highest BCUT2D eigenvalue weighted by Gasteiger charge is 2.43. The third kappa shape index (κ3) is 4.57. The van der Waals surface area contributed by atoms with E-state index in [4.69, 9.17) is 0 Å². The van der Waals surface area contributed by atoms with Gasteiger partial charge in [-0.15, -0.1) is 0 Å². The van der Waals surface area contributed by atoms with Crippen LogP contribution in [0.3, 0.4) is 0 Å². The number of benzene rings is 4. The zero-order valence-corrected chi connectivity index (χ0v) is 24.3.